The number of para-hydroxylation sites is 2. The summed E-state index contributed by atoms with van der Waals surface area (Å²) < 4.78 is 2.06. The fraction of sp³-hybridized carbons (Fsp3) is 0.125. The molecule has 1 saturated heterocycles. The van der Waals surface area contributed by atoms with E-state index >= 15 is 0 Å². The lowest BCUT2D eigenvalue weighted by Gasteiger charge is -2.29. The first-order chi connectivity index (χ1) is 15.1. The minimum absolute atomic E-state index is 0.171. The molecule has 1 fully saturated rings. The van der Waals surface area contributed by atoms with E-state index < -0.39 is 0 Å². The SMILES string of the molecule is Cc1ccc(-n2cccc2[C@@H]2[C@@H](c3ccccn3)NC(=S)N2c2ccccc2O)nc1. The van der Waals surface area contributed by atoms with Crippen LogP contribution in [0.4, 0.5) is 5.69 Å². The Kier molecular flexibility index (Phi) is 4.88. The van der Waals surface area contributed by atoms with Crippen molar-refractivity contribution in [2.45, 2.75) is 19.0 Å². The van der Waals surface area contributed by atoms with E-state index in [1.54, 1.807) is 18.3 Å². The Morgan fingerprint density at radius 1 is 0.968 bits per heavy atom. The summed E-state index contributed by atoms with van der Waals surface area (Å²) >= 11 is 5.74. The predicted molar refractivity (Wildman–Crippen MR) is 124 cm³/mol. The summed E-state index contributed by atoms with van der Waals surface area (Å²) in [4.78, 5) is 11.2. The van der Waals surface area contributed by atoms with Crippen LogP contribution in [0.3, 0.4) is 0 Å². The quantitative estimate of drug-likeness (QED) is 0.469. The summed E-state index contributed by atoms with van der Waals surface area (Å²) in [5, 5.41) is 14.6. The Hall–Kier alpha value is -3.71. The van der Waals surface area contributed by atoms with Gasteiger partial charge >= 0.3 is 0 Å². The molecule has 0 radical (unpaired) electrons. The molecule has 0 aliphatic carbocycles. The van der Waals surface area contributed by atoms with Crippen LogP contribution in [0.5, 0.6) is 5.75 Å². The van der Waals surface area contributed by atoms with Crippen LogP contribution in [0, 0.1) is 6.92 Å². The van der Waals surface area contributed by atoms with Gasteiger partial charge in [-0.05, 0) is 67.2 Å². The first kappa shape index (κ1) is 19.3. The Balaban J connectivity index is 1.68. The number of aromatic nitrogens is 3. The number of pyridine rings is 2. The van der Waals surface area contributed by atoms with Crippen LogP contribution >= 0.6 is 12.2 Å². The summed E-state index contributed by atoms with van der Waals surface area (Å²) in [6.45, 7) is 2.02. The Morgan fingerprint density at radius 2 is 1.81 bits per heavy atom. The van der Waals surface area contributed by atoms with Gasteiger partial charge in [0.1, 0.15) is 17.6 Å². The molecule has 154 valence electrons. The van der Waals surface area contributed by atoms with E-state index in [0.29, 0.717) is 10.8 Å². The molecular formula is C24H21N5OS. The number of thiocarbonyl (C=S) groups is 1. The van der Waals surface area contributed by atoms with Gasteiger partial charge in [-0.25, -0.2) is 4.98 Å². The highest BCUT2D eigenvalue weighted by Gasteiger charge is 2.43. The zero-order valence-electron chi connectivity index (χ0n) is 16.9. The van der Waals surface area contributed by atoms with Crippen molar-refractivity contribution in [3.05, 3.63) is 102 Å². The van der Waals surface area contributed by atoms with Gasteiger partial charge in [0.15, 0.2) is 5.11 Å². The van der Waals surface area contributed by atoms with Crippen LogP contribution in [0.25, 0.3) is 5.82 Å². The lowest BCUT2D eigenvalue weighted by atomic mass is 10.0. The summed E-state index contributed by atoms with van der Waals surface area (Å²) in [7, 11) is 0. The smallest absolute Gasteiger partial charge is 0.174 e. The first-order valence-corrected chi connectivity index (χ1v) is 10.4. The van der Waals surface area contributed by atoms with Gasteiger partial charge in [-0.2, -0.15) is 0 Å². The molecule has 1 aliphatic heterocycles. The second kappa shape index (κ2) is 7.85. The highest BCUT2D eigenvalue weighted by atomic mass is 32.1. The fourth-order valence-corrected chi connectivity index (χ4v) is 4.37. The van der Waals surface area contributed by atoms with Gasteiger partial charge < -0.3 is 19.9 Å². The molecule has 5 rings (SSSR count). The van der Waals surface area contributed by atoms with Crippen LogP contribution in [0.1, 0.15) is 29.0 Å². The van der Waals surface area contributed by atoms with Gasteiger partial charge in [-0.3, -0.25) is 4.98 Å². The minimum atomic E-state index is -0.242. The summed E-state index contributed by atoms with van der Waals surface area (Å²) in [5.41, 5.74) is 3.61. The Morgan fingerprint density at radius 3 is 2.55 bits per heavy atom. The van der Waals surface area contributed by atoms with Crippen molar-refractivity contribution in [2.24, 2.45) is 0 Å². The zero-order chi connectivity index (χ0) is 21.4. The van der Waals surface area contributed by atoms with Gasteiger partial charge in [0, 0.05) is 24.3 Å². The molecule has 0 saturated carbocycles. The Bertz CT molecular complexity index is 1220. The van der Waals surface area contributed by atoms with E-state index in [4.69, 9.17) is 12.2 Å². The van der Waals surface area contributed by atoms with Crippen LogP contribution < -0.4 is 10.2 Å². The maximum absolute atomic E-state index is 10.6. The van der Waals surface area contributed by atoms with Crippen molar-refractivity contribution >= 4 is 23.0 Å². The van der Waals surface area contributed by atoms with E-state index in [1.165, 1.54) is 0 Å². The summed E-state index contributed by atoms with van der Waals surface area (Å²) in [6.07, 6.45) is 5.63. The van der Waals surface area contributed by atoms with Crippen molar-refractivity contribution in [2.75, 3.05) is 4.90 Å². The van der Waals surface area contributed by atoms with Crippen molar-refractivity contribution in [3.8, 4) is 11.6 Å². The molecule has 1 aliphatic rings. The van der Waals surface area contributed by atoms with Crippen LogP contribution in [-0.2, 0) is 0 Å². The molecule has 7 heteroatoms. The fourth-order valence-electron chi connectivity index (χ4n) is 4.03. The zero-order valence-corrected chi connectivity index (χ0v) is 17.7. The van der Waals surface area contributed by atoms with Crippen LogP contribution in [-0.4, -0.2) is 24.8 Å². The minimum Gasteiger partial charge on any atom is -0.506 e. The van der Waals surface area contributed by atoms with Crippen LogP contribution in [0.15, 0.2) is 85.3 Å². The first-order valence-electron chi connectivity index (χ1n) is 10.0. The number of phenolic OH excluding ortho intramolecular Hbond substituents is 1. The van der Waals surface area contributed by atoms with Gasteiger partial charge in [-0.15, -0.1) is 0 Å². The maximum atomic E-state index is 10.6. The van der Waals surface area contributed by atoms with Gasteiger partial charge in [-0.1, -0.05) is 24.3 Å². The van der Waals surface area contributed by atoms with Crippen molar-refractivity contribution < 1.29 is 5.11 Å². The van der Waals surface area contributed by atoms with E-state index in [2.05, 4.69) is 25.9 Å². The normalized spacial score (nSPS) is 18.2. The molecule has 0 bridgehead atoms. The highest BCUT2D eigenvalue weighted by molar-refractivity contribution is 7.80. The standard InChI is InChI=1S/C24H21N5OS/c1-16-11-12-21(26-15-16)28-14-6-9-19(28)23-22(17-7-4-5-13-25-17)27-24(31)29(23)18-8-2-3-10-20(18)30/h2-15,22-23,30H,1H3,(H,27,31)/t22-,23-/m1/s1. The lowest BCUT2D eigenvalue weighted by molar-refractivity contribution is 0.472. The van der Waals surface area contributed by atoms with Crippen LogP contribution in [0.2, 0.25) is 0 Å². The molecule has 2 atom stereocenters. The number of phenols is 1. The van der Waals surface area contributed by atoms with E-state index in [0.717, 1.165) is 22.8 Å². The van der Waals surface area contributed by atoms with E-state index in [9.17, 15) is 5.11 Å². The average Bonchev–Trinajstić information content (AvgIpc) is 3.40. The third kappa shape index (κ3) is 3.43. The van der Waals surface area contributed by atoms with Gasteiger partial charge in [0.05, 0.1) is 17.4 Å². The van der Waals surface area contributed by atoms with Crippen molar-refractivity contribution in [3.63, 3.8) is 0 Å². The number of rotatable bonds is 4. The monoisotopic (exact) mass is 427 g/mol. The number of aromatic hydroxyl groups is 1. The molecule has 0 amide bonds. The topological polar surface area (TPSA) is 66.2 Å². The molecule has 4 aromatic rings. The number of nitrogens with zero attached hydrogens (tertiary/aromatic N) is 4. The molecule has 6 nitrogen and oxygen atoms in total. The second-order valence-electron chi connectivity index (χ2n) is 7.48. The molecule has 0 unspecified atom stereocenters. The maximum Gasteiger partial charge on any atom is 0.174 e. The number of aryl methyl sites for hydroxylation is 1. The van der Waals surface area contributed by atoms with Crippen molar-refractivity contribution in [1.29, 1.82) is 0 Å². The third-order valence-electron chi connectivity index (χ3n) is 5.47. The molecular weight excluding hydrogens is 406 g/mol. The number of nitrogens with one attached hydrogen (secondary N) is 1. The number of anilines is 1. The molecule has 2 N–H and O–H groups in total. The number of hydrogen-bond acceptors (Lipinski definition) is 4. The molecule has 1 aromatic carbocycles. The molecule has 31 heavy (non-hydrogen) atoms. The Labute approximate surface area is 185 Å². The average molecular weight is 428 g/mol. The highest BCUT2D eigenvalue weighted by Crippen LogP contribution is 2.44. The number of benzene rings is 1. The largest absolute Gasteiger partial charge is 0.506 e. The van der Waals surface area contributed by atoms with Crippen molar-refractivity contribution in [1.82, 2.24) is 19.9 Å². The predicted octanol–water partition coefficient (Wildman–Crippen LogP) is 4.46. The summed E-state index contributed by atoms with van der Waals surface area (Å²) in [6, 6.07) is 20.7. The van der Waals surface area contributed by atoms with Gasteiger partial charge in [0.2, 0.25) is 0 Å². The second-order valence-corrected chi connectivity index (χ2v) is 7.87. The van der Waals surface area contributed by atoms with E-state index in [1.807, 2.05) is 72.7 Å². The van der Waals surface area contributed by atoms with Gasteiger partial charge in [0.25, 0.3) is 0 Å². The van der Waals surface area contributed by atoms with E-state index in [-0.39, 0.29) is 17.8 Å². The molecule has 3 aromatic heterocycles. The number of hydrogen-bond donors (Lipinski definition) is 2. The summed E-state index contributed by atoms with van der Waals surface area (Å²) in [5.74, 6) is 0.991. The molecule has 4 heterocycles. The third-order valence-corrected chi connectivity index (χ3v) is 5.78. The lowest BCUT2D eigenvalue weighted by Crippen LogP contribution is -2.30. The molecule has 0 spiro atoms.